The molecule has 1 fully saturated rings. The second kappa shape index (κ2) is 5.41. The van der Waals surface area contributed by atoms with Gasteiger partial charge in [0.05, 0.1) is 22.8 Å². The van der Waals surface area contributed by atoms with Crippen molar-refractivity contribution in [2.24, 2.45) is 18.7 Å². The van der Waals surface area contributed by atoms with Crippen molar-refractivity contribution in [3.05, 3.63) is 16.4 Å². The van der Waals surface area contributed by atoms with Crippen molar-refractivity contribution in [1.29, 1.82) is 0 Å². The summed E-state index contributed by atoms with van der Waals surface area (Å²) in [6, 6.07) is 0.275. The fourth-order valence-corrected chi connectivity index (χ4v) is 2.85. The molecule has 0 aromatic carbocycles. The summed E-state index contributed by atoms with van der Waals surface area (Å²) in [5, 5.41) is 4.86. The Balaban J connectivity index is 2.03. The van der Waals surface area contributed by atoms with Gasteiger partial charge in [0.25, 0.3) is 0 Å². The summed E-state index contributed by atoms with van der Waals surface area (Å²) in [6.07, 6.45) is 4.11. The molecule has 4 nitrogen and oxygen atoms in total. The molecule has 1 saturated carbocycles. The van der Waals surface area contributed by atoms with Crippen LogP contribution in [0.15, 0.2) is 0 Å². The lowest BCUT2D eigenvalue weighted by Crippen LogP contribution is -2.30. The van der Waals surface area contributed by atoms with Gasteiger partial charge in [0.2, 0.25) is 0 Å². The molecular weight excluding hydrogens is 250 g/mol. The molecule has 0 bridgehead atoms. The summed E-state index contributed by atoms with van der Waals surface area (Å²) in [4.78, 5) is 12.2. The molecule has 1 aromatic heterocycles. The van der Waals surface area contributed by atoms with E-state index in [1.165, 1.54) is 0 Å². The second-order valence-corrected chi connectivity index (χ2v) is 5.60. The smallest absolute Gasteiger partial charge is 0.141 e. The number of aryl methyl sites for hydroxylation is 2. The van der Waals surface area contributed by atoms with Crippen LogP contribution >= 0.6 is 11.6 Å². The molecule has 0 spiro atoms. The Bertz CT molecular complexity index is 447. The summed E-state index contributed by atoms with van der Waals surface area (Å²) in [6.45, 7) is 1.86. The highest BCUT2D eigenvalue weighted by Crippen LogP contribution is 2.27. The van der Waals surface area contributed by atoms with Crippen molar-refractivity contribution in [3.63, 3.8) is 0 Å². The molecule has 18 heavy (non-hydrogen) atoms. The van der Waals surface area contributed by atoms with Gasteiger partial charge in [0.1, 0.15) is 5.78 Å². The predicted octanol–water partition coefficient (Wildman–Crippen LogP) is 2.01. The number of hydrogen-bond donors (Lipinski definition) is 1. The van der Waals surface area contributed by atoms with Crippen molar-refractivity contribution >= 4 is 17.4 Å². The number of rotatable bonds is 3. The summed E-state index contributed by atoms with van der Waals surface area (Å²) in [5.41, 5.74) is 7.47. The molecule has 0 radical (unpaired) electrons. The van der Waals surface area contributed by atoms with E-state index in [-0.39, 0.29) is 17.7 Å². The number of carbonyl (C=O) groups is 1. The molecule has 2 N–H and O–H groups in total. The van der Waals surface area contributed by atoms with Gasteiger partial charge in [-0.25, -0.2) is 0 Å². The number of carbonyl (C=O) groups excluding carboxylic acids is 1. The van der Waals surface area contributed by atoms with Gasteiger partial charge >= 0.3 is 0 Å². The lowest BCUT2D eigenvalue weighted by Gasteiger charge is -2.24. The molecule has 100 valence electrons. The summed E-state index contributed by atoms with van der Waals surface area (Å²) in [5.74, 6) is 0.419. The number of ketones is 1. The van der Waals surface area contributed by atoms with Crippen LogP contribution in [0.5, 0.6) is 0 Å². The van der Waals surface area contributed by atoms with Crippen LogP contribution in [0.4, 0.5) is 0 Å². The number of aromatic nitrogens is 2. The van der Waals surface area contributed by atoms with Crippen LogP contribution in [0.1, 0.15) is 37.1 Å². The fraction of sp³-hybridized carbons (Fsp3) is 0.692. The Morgan fingerprint density at radius 2 is 2.06 bits per heavy atom. The first-order valence-electron chi connectivity index (χ1n) is 6.45. The molecule has 0 saturated heterocycles. The van der Waals surface area contributed by atoms with E-state index in [4.69, 9.17) is 17.3 Å². The van der Waals surface area contributed by atoms with E-state index in [9.17, 15) is 4.79 Å². The maximum atomic E-state index is 12.2. The fourth-order valence-electron chi connectivity index (χ4n) is 2.62. The second-order valence-electron chi connectivity index (χ2n) is 5.22. The first kappa shape index (κ1) is 13.6. The average Bonchev–Trinajstić information content (AvgIpc) is 2.57. The van der Waals surface area contributed by atoms with Gasteiger partial charge < -0.3 is 5.73 Å². The maximum Gasteiger partial charge on any atom is 0.141 e. The maximum absolute atomic E-state index is 12.2. The lowest BCUT2D eigenvalue weighted by atomic mass is 9.82. The normalized spacial score (nSPS) is 24.2. The number of halogens is 1. The van der Waals surface area contributed by atoms with Crippen molar-refractivity contribution in [3.8, 4) is 0 Å². The minimum Gasteiger partial charge on any atom is -0.328 e. The van der Waals surface area contributed by atoms with Crippen molar-refractivity contribution in [1.82, 2.24) is 9.78 Å². The Morgan fingerprint density at radius 1 is 1.44 bits per heavy atom. The molecule has 5 heteroatoms. The third kappa shape index (κ3) is 2.75. The summed E-state index contributed by atoms with van der Waals surface area (Å²) < 4.78 is 1.71. The molecule has 1 aromatic rings. The summed E-state index contributed by atoms with van der Waals surface area (Å²) >= 11 is 6.16. The Kier molecular flexibility index (Phi) is 4.07. The van der Waals surface area contributed by atoms with Gasteiger partial charge in [-0.1, -0.05) is 11.6 Å². The highest BCUT2D eigenvalue weighted by Gasteiger charge is 2.26. The van der Waals surface area contributed by atoms with Crippen LogP contribution in [0.2, 0.25) is 5.02 Å². The van der Waals surface area contributed by atoms with Gasteiger partial charge in [-0.15, -0.1) is 0 Å². The Hall–Kier alpha value is -0.870. The zero-order chi connectivity index (χ0) is 13.3. The van der Waals surface area contributed by atoms with Gasteiger partial charge in [-0.2, -0.15) is 5.10 Å². The molecule has 1 aliphatic rings. The molecule has 0 unspecified atom stereocenters. The first-order chi connectivity index (χ1) is 8.49. The molecule has 2 rings (SSSR count). The van der Waals surface area contributed by atoms with Crippen LogP contribution < -0.4 is 5.73 Å². The first-order valence-corrected chi connectivity index (χ1v) is 6.83. The zero-order valence-corrected chi connectivity index (χ0v) is 11.7. The van der Waals surface area contributed by atoms with E-state index in [2.05, 4.69) is 5.10 Å². The number of Topliss-reactive ketones (excluding diaryl/α,β-unsaturated/α-hetero) is 1. The SMILES string of the molecule is Cc1nn(C)c(CC(=O)C2CCC(N)CC2)c1Cl. The quantitative estimate of drug-likeness (QED) is 0.913. The van der Waals surface area contributed by atoms with Gasteiger partial charge in [-0.3, -0.25) is 9.48 Å². The Morgan fingerprint density at radius 3 is 2.56 bits per heavy atom. The number of nitrogens with zero attached hydrogens (tertiary/aromatic N) is 2. The van der Waals surface area contributed by atoms with E-state index in [1.807, 2.05) is 14.0 Å². The standard InChI is InChI=1S/C13H20ClN3O/c1-8-13(14)11(17(2)16-8)7-12(18)9-3-5-10(15)6-4-9/h9-10H,3-7,15H2,1-2H3. The Labute approximate surface area is 112 Å². The van der Waals surface area contributed by atoms with Crippen LogP contribution in [0, 0.1) is 12.8 Å². The molecule has 1 aliphatic carbocycles. The minimum atomic E-state index is 0.149. The van der Waals surface area contributed by atoms with Crippen LogP contribution in [0.3, 0.4) is 0 Å². The number of hydrogen-bond acceptors (Lipinski definition) is 3. The van der Waals surface area contributed by atoms with Crippen molar-refractivity contribution < 1.29 is 4.79 Å². The lowest BCUT2D eigenvalue weighted by molar-refractivity contribution is -0.123. The third-order valence-electron chi connectivity index (χ3n) is 3.83. The monoisotopic (exact) mass is 269 g/mol. The molecule has 1 heterocycles. The van der Waals surface area contributed by atoms with Crippen LogP contribution in [-0.4, -0.2) is 21.6 Å². The van der Waals surface area contributed by atoms with Crippen molar-refractivity contribution in [2.75, 3.05) is 0 Å². The van der Waals surface area contributed by atoms with Crippen LogP contribution in [0.25, 0.3) is 0 Å². The van der Waals surface area contributed by atoms with E-state index in [0.717, 1.165) is 37.1 Å². The highest BCUT2D eigenvalue weighted by atomic mass is 35.5. The van der Waals surface area contributed by atoms with Crippen molar-refractivity contribution in [2.45, 2.75) is 45.1 Å². The van der Waals surface area contributed by atoms with Crippen LogP contribution in [-0.2, 0) is 18.3 Å². The molecule has 0 amide bonds. The van der Waals surface area contributed by atoms with E-state index in [0.29, 0.717) is 11.4 Å². The largest absolute Gasteiger partial charge is 0.328 e. The topological polar surface area (TPSA) is 60.9 Å². The molecule has 0 atom stereocenters. The summed E-state index contributed by atoms with van der Waals surface area (Å²) in [7, 11) is 1.83. The molecular formula is C13H20ClN3O. The van der Waals surface area contributed by atoms with E-state index >= 15 is 0 Å². The minimum absolute atomic E-state index is 0.149. The molecule has 0 aliphatic heterocycles. The highest BCUT2D eigenvalue weighted by molar-refractivity contribution is 6.32. The number of nitrogens with two attached hydrogens (primary N) is 1. The predicted molar refractivity (Wildman–Crippen MR) is 71.6 cm³/mol. The zero-order valence-electron chi connectivity index (χ0n) is 10.9. The average molecular weight is 270 g/mol. The van der Waals surface area contributed by atoms with Gasteiger partial charge in [-0.05, 0) is 32.6 Å². The van der Waals surface area contributed by atoms with E-state index in [1.54, 1.807) is 4.68 Å². The third-order valence-corrected chi connectivity index (χ3v) is 4.32. The van der Waals surface area contributed by atoms with Gasteiger partial charge in [0.15, 0.2) is 0 Å². The van der Waals surface area contributed by atoms with E-state index < -0.39 is 0 Å². The van der Waals surface area contributed by atoms with Gasteiger partial charge in [0, 0.05) is 19.0 Å².